The molecule has 1 aromatic carbocycles. The molecule has 2 heterocycles. The molecule has 0 spiro atoms. The highest BCUT2D eigenvalue weighted by Crippen LogP contribution is 2.30. The van der Waals surface area contributed by atoms with E-state index in [1.807, 2.05) is 12.1 Å². The second-order valence-corrected chi connectivity index (χ2v) is 4.05. The molecule has 1 aromatic heterocycles. The highest BCUT2D eigenvalue weighted by Gasteiger charge is 2.17. The molecule has 3 rings (SSSR count). The van der Waals surface area contributed by atoms with Crippen LogP contribution in [0.15, 0.2) is 24.8 Å². The smallest absolute Gasteiger partial charge is 0.120 e. The number of methoxy groups -OCH3 is 1. The molecular formula is C13H14N2O. The van der Waals surface area contributed by atoms with E-state index in [1.165, 1.54) is 10.9 Å². The lowest BCUT2D eigenvalue weighted by molar-refractivity contribution is 0.415. The van der Waals surface area contributed by atoms with Crippen LogP contribution in [0.3, 0.4) is 0 Å². The van der Waals surface area contributed by atoms with E-state index in [4.69, 9.17) is 4.74 Å². The Morgan fingerprint density at radius 3 is 3.06 bits per heavy atom. The number of fused-ring (bicyclic) bond motifs is 3. The SMILES string of the molecule is C=C1NCCc2c1[nH]c1cc(OC)ccc21. The fourth-order valence-electron chi connectivity index (χ4n) is 2.31. The third kappa shape index (κ3) is 1.21. The Bertz CT molecular complexity index is 569. The van der Waals surface area contributed by atoms with Gasteiger partial charge in [-0.25, -0.2) is 0 Å². The average molecular weight is 214 g/mol. The van der Waals surface area contributed by atoms with Crippen LogP contribution in [0.5, 0.6) is 5.75 Å². The van der Waals surface area contributed by atoms with E-state index in [2.05, 4.69) is 22.9 Å². The second kappa shape index (κ2) is 3.30. The molecule has 0 atom stereocenters. The maximum Gasteiger partial charge on any atom is 0.120 e. The molecule has 0 unspecified atom stereocenters. The van der Waals surface area contributed by atoms with Gasteiger partial charge in [-0.2, -0.15) is 0 Å². The third-order valence-corrected chi connectivity index (χ3v) is 3.13. The van der Waals surface area contributed by atoms with Gasteiger partial charge >= 0.3 is 0 Å². The highest BCUT2D eigenvalue weighted by atomic mass is 16.5. The zero-order valence-electron chi connectivity index (χ0n) is 9.26. The van der Waals surface area contributed by atoms with Gasteiger partial charge in [-0.3, -0.25) is 0 Å². The van der Waals surface area contributed by atoms with Crippen LogP contribution >= 0.6 is 0 Å². The van der Waals surface area contributed by atoms with Crippen molar-refractivity contribution in [3.63, 3.8) is 0 Å². The summed E-state index contributed by atoms with van der Waals surface area (Å²) in [6.45, 7) is 4.98. The summed E-state index contributed by atoms with van der Waals surface area (Å²) in [5, 5.41) is 4.55. The van der Waals surface area contributed by atoms with E-state index in [-0.39, 0.29) is 0 Å². The normalized spacial score (nSPS) is 14.7. The molecule has 2 N–H and O–H groups in total. The summed E-state index contributed by atoms with van der Waals surface area (Å²) < 4.78 is 5.22. The molecule has 0 bridgehead atoms. The van der Waals surface area contributed by atoms with Crippen LogP contribution in [0.1, 0.15) is 11.3 Å². The lowest BCUT2D eigenvalue weighted by Gasteiger charge is -2.16. The number of ether oxygens (including phenoxy) is 1. The first-order valence-corrected chi connectivity index (χ1v) is 5.41. The fourth-order valence-corrected chi connectivity index (χ4v) is 2.31. The fraction of sp³-hybridized carbons (Fsp3) is 0.231. The summed E-state index contributed by atoms with van der Waals surface area (Å²) in [6.07, 6.45) is 1.04. The molecule has 0 radical (unpaired) electrons. The average Bonchev–Trinajstić information content (AvgIpc) is 2.68. The Kier molecular flexibility index (Phi) is 1.93. The quantitative estimate of drug-likeness (QED) is 0.764. The maximum atomic E-state index is 5.22. The molecule has 0 fully saturated rings. The van der Waals surface area contributed by atoms with E-state index in [9.17, 15) is 0 Å². The zero-order valence-corrected chi connectivity index (χ0v) is 9.26. The van der Waals surface area contributed by atoms with Crippen molar-refractivity contribution in [2.45, 2.75) is 6.42 Å². The van der Waals surface area contributed by atoms with Gasteiger partial charge < -0.3 is 15.0 Å². The number of aromatic amines is 1. The van der Waals surface area contributed by atoms with Crippen molar-refractivity contribution in [1.82, 2.24) is 10.3 Å². The van der Waals surface area contributed by atoms with Crippen LogP contribution in [-0.4, -0.2) is 18.6 Å². The monoisotopic (exact) mass is 214 g/mol. The van der Waals surface area contributed by atoms with Crippen molar-refractivity contribution in [2.75, 3.05) is 13.7 Å². The number of hydrogen-bond acceptors (Lipinski definition) is 2. The number of benzene rings is 1. The van der Waals surface area contributed by atoms with Crippen LogP contribution in [0.2, 0.25) is 0 Å². The number of nitrogens with one attached hydrogen (secondary N) is 2. The second-order valence-electron chi connectivity index (χ2n) is 4.05. The minimum Gasteiger partial charge on any atom is -0.497 e. The Morgan fingerprint density at radius 1 is 1.38 bits per heavy atom. The van der Waals surface area contributed by atoms with Gasteiger partial charge in [0.2, 0.25) is 0 Å². The van der Waals surface area contributed by atoms with Crippen molar-refractivity contribution in [1.29, 1.82) is 0 Å². The number of hydrogen-bond donors (Lipinski definition) is 2. The summed E-state index contributed by atoms with van der Waals surface area (Å²) in [7, 11) is 1.69. The molecule has 3 heteroatoms. The van der Waals surface area contributed by atoms with E-state index < -0.39 is 0 Å². The molecule has 0 amide bonds. The molecule has 16 heavy (non-hydrogen) atoms. The van der Waals surface area contributed by atoms with Crippen molar-refractivity contribution in [2.24, 2.45) is 0 Å². The first-order chi connectivity index (χ1) is 7.79. The van der Waals surface area contributed by atoms with Crippen LogP contribution in [0.4, 0.5) is 0 Å². The van der Waals surface area contributed by atoms with Crippen LogP contribution in [-0.2, 0) is 6.42 Å². The van der Waals surface area contributed by atoms with Gasteiger partial charge in [-0.15, -0.1) is 0 Å². The summed E-state index contributed by atoms with van der Waals surface area (Å²) in [5.74, 6) is 0.879. The molecule has 3 nitrogen and oxygen atoms in total. The molecule has 2 aromatic rings. The molecule has 0 saturated heterocycles. The number of H-pyrrole nitrogens is 1. The van der Waals surface area contributed by atoms with Crippen molar-refractivity contribution in [3.8, 4) is 5.75 Å². The Balaban J connectivity index is 2.27. The van der Waals surface area contributed by atoms with Gasteiger partial charge in [0, 0.05) is 23.5 Å². The van der Waals surface area contributed by atoms with E-state index in [1.54, 1.807) is 7.11 Å². The molecule has 1 aliphatic rings. The highest BCUT2D eigenvalue weighted by molar-refractivity contribution is 5.90. The van der Waals surface area contributed by atoms with E-state index in [0.29, 0.717) is 0 Å². The molecule has 0 aliphatic carbocycles. The van der Waals surface area contributed by atoms with Gasteiger partial charge in [0.15, 0.2) is 0 Å². The third-order valence-electron chi connectivity index (χ3n) is 3.13. The molecule has 1 aliphatic heterocycles. The lowest BCUT2D eigenvalue weighted by Crippen LogP contribution is -2.21. The summed E-state index contributed by atoms with van der Waals surface area (Å²) in [6, 6.07) is 6.14. The van der Waals surface area contributed by atoms with Crippen molar-refractivity contribution >= 4 is 16.6 Å². The predicted octanol–water partition coefficient (Wildman–Crippen LogP) is 2.29. The molecule has 0 saturated carbocycles. The Morgan fingerprint density at radius 2 is 2.25 bits per heavy atom. The van der Waals surface area contributed by atoms with Gasteiger partial charge in [-0.1, -0.05) is 6.58 Å². The largest absolute Gasteiger partial charge is 0.497 e. The molecular weight excluding hydrogens is 200 g/mol. The van der Waals surface area contributed by atoms with E-state index in [0.717, 1.165) is 35.6 Å². The van der Waals surface area contributed by atoms with E-state index >= 15 is 0 Å². The number of rotatable bonds is 1. The van der Waals surface area contributed by atoms with Crippen LogP contribution in [0.25, 0.3) is 16.6 Å². The summed E-state index contributed by atoms with van der Waals surface area (Å²) in [5.41, 5.74) is 4.60. The maximum absolute atomic E-state index is 5.22. The minimum atomic E-state index is 0.879. The topological polar surface area (TPSA) is 37.0 Å². The predicted molar refractivity (Wildman–Crippen MR) is 65.6 cm³/mol. The lowest BCUT2D eigenvalue weighted by atomic mass is 10.0. The Labute approximate surface area is 94.1 Å². The summed E-state index contributed by atoms with van der Waals surface area (Å²) in [4.78, 5) is 3.40. The summed E-state index contributed by atoms with van der Waals surface area (Å²) >= 11 is 0. The standard InChI is InChI=1S/C13H14N2O/c1-8-13-11(5-6-14-8)10-4-3-9(16-2)7-12(10)15-13/h3-4,7,14-15H,1,5-6H2,2H3. The molecule has 82 valence electrons. The van der Waals surface area contributed by atoms with Crippen LogP contribution < -0.4 is 10.1 Å². The first-order valence-electron chi connectivity index (χ1n) is 5.41. The van der Waals surface area contributed by atoms with Gasteiger partial charge in [-0.05, 0) is 24.1 Å². The first kappa shape index (κ1) is 9.33. The van der Waals surface area contributed by atoms with Crippen molar-refractivity contribution < 1.29 is 4.74 Å². The van der Waals surface area contributed by atoms with Gasteiger partial charge in [0.1, 0.15) is 5.75 Å². The van der Waals surface area contributed by atoms with Gasteiger partial charge in [0.25, 0.3) is 0 Å². The van der Waals surface area contributed by atoms with Crippen LogP contribution in [0, 0.1) is 0 Å². The Hall–Kier alpha value is -1.90. The van der Waals surface area contributed by atoms with Gasteiger partial charge in [0.05, 0.1) is 18.5 Å². The minimum absolute atomic E-state index is 0.879. The number of aromatic nitrogens is 1. The van der Waals surface area contributed by atoms with Crippen molar-refractivity contribution in [3.05, 3.63) is 36.0 Å². The zero-order chi connectivity index (χ0) is 11.1.